The predicted molar refractivity (Wildman–Crippen MR) is 93.0 cm³/mol. The van der Waals surface area contributed by atoms with Crippen LogP contribution in [0.25, 0.3) is 0 Å². The molecule has 0 spiro atoms. The van der Waals surface area contributed by atoms with Crippen molar-refractivity contribution in [2.24, 2.45) is 5.92 Å². The lowest BCUT2D eigenvalue weighted by molar-refractivity contribution is -0.274. The Morgan fingerprint density at radius 3 is 2.41 bits per heavy atom. The minimum atomic E-state index is -4.79. The fourth-order valence-electron chi connectivity index (χ4n) is 2.83. The molecule has 1 aliphatic rings. The van der Waals surface area contributed by atoms with Gasteiger partial charge in [0.2, 0.25) is 0 Å². The van der Waals surface area contributed by atoms with Crippen LogP contribution in [0.15, 0.2) is 36.9 Å². The molecule has 3 atom stereocenters. The summed E-state index contributed by atoms with van der Waals surface area (Å²) in [7, 11) is 0. The Morgan fingerprint density at radius 2 is 1.83 bits per heavy atom. The molecule has 29 heavy (non-hydrogen) atoms. The Bertz CT molecular complexity index is 703. The normalized spacial score (nSPS) is 21.7. The molecule has 3 unspecified atom stereocenters. The van der Waals surface area contributed by atoms with Crippen molar-refractivity contribution in [2.45, 2.75) is 37.8 Å². The van der Waals surface area contributed by atoms with E-state index >= 15 is 0 Å². The molecule has 0 aromatic heterocycles. The van der Waals surface area contributed by atoms with Gasteiger partial charge < -0.3 is 24.1 Å². The number of carbonyl (C=O) groups is 2. The molecule has 0 aliphatic heterocycles. The van der Waals surface area contributed by atoms with Gasteiger partial charge in [0, 0.05) is 6.08 Å². The second kappa shape index (κ2) is 10.1. The van der Waals surface area contributed by atoms with Crippen LogP contribution in [0.5, 0.6) is 11.5 Å². The molecule has 7 nitrogen and oxygen atoms in total. The number of carbonyl (C=O) groups excluding carboxylic acids is 2. The maximum atomic E-state index is 12.1. The molecule has 0 saturated heterocycles. The Morgan fingerprint density at radius 1 is 1.17 bits per heavy atom. The molecule has 1 N–H and O–H groups in total. The summed E-state index contributed by atoms with van der Waals surface area (Å²) in [4.78, 5) is 23.0. The van der Waals surface area contributed by atoms with E-state index in [-0.39, 0.29) is 18.3 Å². The number of aliphatic hydroxyl groups excluding tert-OH is 1. The molecule has 0 amide bonds. The van der Waals surface area contributed by atoms with Gasteiger partial charge in [0.05, 0.1) is 12.7 Å². The number of ether oxygens (including phenoxy) is 4. The second-order valence-corrected chi connectivity index (χ2v) is 6.42. The van der Waals surface area contributed by atoms with Crippen LogP contribution < -0.4 is 9.47 Å². The number of esters is 2. The Hall–Kier alpha value is -2.75. The standard InChI is InChI=1S/C19H21F3O7/c1-2-17(24)27-10-12-3-8-16(15(23)9-12)28-18(25)11-26-13-4-6-14(7-5-13)29-19(20,21)22/h2,4-7,12,15-16,23H,1,3,8-11H2. The maximum Gasteiger partial charge on any atom is 0.573 e. The van der Waals surface area contributed by atoms with Crippen LogP contribution >= 0.6 is 0 Å². The van der Waals surface area contributed by atoms with Crippen LogP contribution in [0.2, 0.25) is 0 Å². The van der Waals surface area contributed by atoms with Crippen LogP contribution in [0.1, 0.15) is 19.3 Å². The number of hydrogen-bond donors (Lipinski definition) is 1. The molecule has 1 saturated carbocycles. The molecule has 1 aliphatic carbocycles. The van der Waals surface area contributed by atoms with Crippen molar-refractivity contribution in [1.82, 2.24) is 0 Å². The fraction of sp³-hybridized carbons (Fsp3) is 0.474. The number of aliphatic hydroxyl groups is 1. The van der Waals surface area contributed by atoms with Crippen molar-refractivity contribution in [3.63, 3.8) is 0 Å². The lowest BCUT2D eigenvalue weighted by Crippen LogP contribution is -2.39. The zero-order valence-corrected chi connectivity index (χ0v) is 15.4. The lowest BCUT2D eigenvalue weighted by Gasteiger charge is -2.32. The highest BCUT2D eigenvalue weighted by Gasteiger charge is 2.33. The first-order valence-electron chi connectivity index (χ1n) is 8.81. The smallest absolute Gasteiger partial charge is 0.482 e. The van der Waals surface area contributed by atoms with Crippen LogP contribution in [0.4, 0.5) is 13.2 Å². The van der Waals surface area contributed by atoms with Crippen molar-refractivity contribution in [2.75, 3.05) is 13.2 Å². The van der Waals surface area contributed by atoms with Gasteiger partial charge in [-0.3, -0.25) is 0 Å². The lowest BCUT2D eigenvalue weighted by atomic mass is 9.86. The minimum absolute atomic E-state index is 0.0440. The number of alkyl halides is 3. The van der Waals surface area contributed by atoms with Gasteiger partial charge in [0.1, 0.15) is 17.6 Å². The van der Waals surface area contributed by atoms with E-state index in [1.807, 2.05) is 0 Å². The third-order valence-electron chi connectivity index (χ3n) is 4.19. The zero-order chi connectivity index (χ0) is 21.4. The largest absolute Gasteiger partial charge is 0.573 e. The highest BCUT2D eigenvalue weighted by atomic mass is 19.4. The van der Waals surface area contributed by atoms with Crippen LogP contribution in [0, 0.1) is 5.92 Å². The van der Waals surface area contributed by atoms with Gasteiger partial charge in [-0.2, -0.15) is 0 Å². The molecule has 1 aromatic rings. The van der Waals surface area contributed by atoms with E-state index in [4.69, 9.17) is 14.2 Å². The molecular weight excluding hydrogens is 397 g/mol. The van der Waals surface area contributed by atoms with Crippen molar-refractivity contribution in [3.8, 4) is 11.5 Å². The highest BCUT2D eigenvalue weighted by Crippen LogP contribution is 2.28. The molecular formula is C19H21F3O7. The first kappa shape index (κ1) is 22.5. The van der Waals surface area contributed by atoms with Crippen LogP contribution in [0.3, 0.4) is 0 Å². The van der Waals surface area contributed by atoms with E-state index in [1.54, 1.807) is 0 Å². The fourth-order valence-corrected chi connectivity index (χ4v) is 2.83. The van der Waals surface area contributed by atoms with Gasteiger partial charge >= 0.3 is 18.3 Å². The topological polar surface area (TPSA) is 91.3 Å². The molecule has 0 radical (unpaired) electrons. The summed E-state index contributed by atoms with van der Waals surface area (Å²) in [5.74, 6) is -1.56. The summed E-state index contributed by atoms with van der Waals surface area (Å²) in [5, 5.41) is 10.1. The van der Waals surface area contributed by atoms with Gasteiger partial charge in [-0.15, -0.1) is 13.2 Å². The summed E-state index contributed by atoms with van der Waals surface area (Å²) in [6.07, 6.45) is -4.05. The molecule has 160 valence electrons. The number of hydrogen-bond acceptors (Lipinski definition) is 7. The Kier molecular flexibility index (Phi) is 7.89. The van der Waals surface area contributed by atoms with Gasteiger partial charge in [-0.05, 0) is 49.4 Å². The summed E-state index contributed by atoms with van der Waals surface area (Å²) in [6.45, 7) is 2.98. The van der Waals surface area contributed by atoms with Gasteiger partial charge in [-0.25, -0.2) is 9.59 Å². The first-order valence-corrected chi connectivity index (χ1v) is 8.81. The van der Waals surface area contributed by atoms with Gasteiger partial charge in [0.15, 0.2) is 6.61 Å². The second-order valence-electron chi connectivity index (χ2n) is 6.42. The monoisotopic (exact) mass is 418 g/mol. The number of benzene rings is 1. The third kappa shape index (κ3) is 8.02. The zero-order valence-electron chi connectivity index (χ0n) is 15.4. The molecule has 1 fully saturated rings. The average Bonchev–Trinajstić information content (AvgIpc) is 2.66. The van der Waals surface area contributed by atoms with E-state index in [2.05, 4.69) is 11.3 Å². The van der Waals surface area contributed by atoms with E-state index in [9.17, 15) is 27.9 Å². The van der Waals surface area contributed by atoms with Crippen LogP contribution in [-0.2, 0) is 19.1 Å². The highest BCUT2D eigenvalue weighted by molar-refractivity contribution is 5.81. The predicted octanol–water partition coefficient (Wildman–Crippen LogP) is 2.77. The maximum absolute atomic E-state index is 12.1. The molecule has 2 rings (SSSR count). The van der Waals surface area contributed by atoms with Gasteiger partial charge in [0.25, 0.3) is 0 Å². The Balaban J connectivity index is 1.72. The van der Waals surface area contributed by atoms with E-state index in [0.717, 1.165) is 18.2 Å². The SMILES string of the molecule is C=CC(=O)OCC1CCC(OC(=O)COc2ccc(OC(F)(F)F)cc2)C(O)C1. The van der Waals surface area contributed by atoms with E-state index in [1.165, 1.54) is 12.1 Å². The van der Waals surface area contributed by atoms with Crippen molar-refractivity contribution < 1.29 is 46.8 Å². The number of halogens is 3. The van der Waals surface area contributed by atoms with Crippen molar-refractivity contribution in [1.29, 1.82) is 0 Å². The van der Waals surface area contributed by atoms with Crippen LogP contribution in [-0.4, -0.2) is 48.8 Å². The van der Waals surface area contributed by atoms with E-state index < -0.39 is 42.9 Å². The number of rotatable bonds is 8. The molecule has 1 aromatic carbocycles. The van der Waals surface area contributed by atoms with Gasteiger partial charge in [-0.1, -0.05) is 6.58 Å². The summed E-state index contributed by atoms with van der Waals surface area (Å²) in [5.41, 5.74) is 0. The quantitative estimate of drug-likeness (QED) is 0.513. The first-order chi connectivity index (χ1) is 13.7. The molecule has 10 heteroatoms. The Labute approximate surface area is 165 Å². The van der Waals surface area contributed by atoms with Crippen molar-refractivity contribution >= 4 is 11.9 Å². The molecule has 0 heterocycles. The molecule has 0 bridgehead atoms. The minimum Gasteiger partial charge on any atom is -0.482 e. The van der Waals surface area contributed by atoms with Crippen molar-refractivity contribution in [3.05, 3.63) is 36.9 Å². The summed E-state index contributed by atoms with van der Waals surface area (Å²) in [6, 6.07) is 4.55. The average molecular weight is 418 g/mol. The summed E-state index contributed by atoms with van der Waals surface area (Å²) >= 11 is 0. The third-order valence-corrected chi connectivity index (χ3v) is 4.19. The van der Waals surface area contributed by atoms with E-state index in [0.29, 0.717) is 19.3 Å². The summed E-state index contributed by atoms with van der Waals surface area (Å²) < 4.78 is 55.4.